The van der Waals surface area contributed by atoms with Crippen LogP contribution in [0.3, 0.4) is 0 Å². The van der Waals surface area contributed by atoms with Crippen LogP contribution in [0.15, 0.2) is 0 Å². The minimum Gasteiger partial charge on any atom is -0.396 e. The monoisotopic (exact) mass is 227 g/mol. The summed E-state index contributed by atoms with van der Waals surface area (Å²) in [6.45, 7) is 2.12. The fourth-order valence-corrected chi connectivity index (χ4v) is 1.46. The maximum absolute atomic E-state index is 12.1. The van der Waals surface area contributed by atoms with Crippen LogP contribution in [0.1, 0.15) is 32.6 Å². The fraction of sp³-hybridized carbons (Fsp3) is 1.00. The average Bonchev–Trinajstić information content (AvgIpc) is 2.10. The number of alkyl halides is 3. The Morgan fingerprint density at radius 1 is 1.07 bits per heavy atom. The zero-order valence-corrected chi connectivity index (χ0v) is 9.19. The summed E-state index contributed by atoms with van der Waals surface area (Å²) in [6.07, 6.45) is -1.20. The minimum absolute atomic E-state index is 0.118. The minimum atomic E-state index is -4.11. The van der Waals surface area contributed by atoms with Gasteiger partial charge in [-0.1, -0.05) is 6.92 Å². The molecule has 2 nitrogen and oxygen atoms in total. The standard InChI is InChI=1S/C10H20F3NO/c1-2-6-14(9-10(11,12)13)7-4-3-5-8-15/h15H,2-9H2,1H3. The molecule has 1 N–H and O–H groups in total. The maximum atomic E-state index is 12.1. The molecule has 0 amide bonds. The summed E-state index contributed by atoms with van der Waals surface area (Å²) in [6, 6.07) is 0. The molecule has 0 heterocycles. The molecule has 0 spiro atoms. The van der Waals surface area contributed by atoms with Gasteiger partial charge in [0.2, 0.25) is 0 Å². The lowest BCUT2D eigenvalue weighted by Crippen LogP contribution is -2.35. The number of hydrogen-bond acceptors (Lipinski definition) is 2. The number of aliphatic hydroxyl groups excluding tert-OH is 1. The molecule has 0 aliphatic rings. The van der Waals surface area contributed by atoms with Crippen LogP contribution >= 0.6 is 0 Å². The molecule has 5 heteroatoms. The van der Waals surface area contributed by atoms with E-state index in [1.54, 1.807) is 0 Å². The lowest BCUT2D eigenvalue weighted by atomic mass is 10.2. The van der Waals surface area contributed by atoms with Crippen molar-refractivity contribution in [3.63, 3.8) is 0 Å². The summed E-state index contributed by atoms with van der Waals surface area (Å²) < 4.78 is 36.4. The van der Waals surface area contributed by atoms with Crippen LogP contribution in [0.25, 0.3) is 0 Å². The van der Waals surface area contributed by atoms with Crippen LogP contribution in [0.2, 0.25) is 0 Å². The lowest BCUT2D eigenvalue weighted by molar-refractivity contribution is -0.146. The second kappa shape index (κ2) is 7.93. The van der Waals surface area contributed by atoms with Gasteiger partial charge < -0.3 is 5.11 Å². The molecule has 0 saturated heterocycles. The van der Waals surface area contributed by atoms with Crippen molar-refractivity contribution in [2.45, 2.75) is 38.8 Å². The third-order valence-electron chi connectivity index (χ3n) is 2.08. The smallest absolute Gasteiger partial charge is 0.396 e. The number of halogens is 3. The third kappa shape index (κ3) is 10.0. The molecular weight excluding hydrogens is 207 g/mol. The summed E-state index contributed by atoms with van der Waals surface area (Å²) >= 11 is 0. The second-order valence-electron chi connectivity index (χ2n) is 3.68. The normalized spacial score (nSPS) is 12.4. The van der Waals surface area contributed by atoms with E-state index < -0.39 is 12.7 Å². The predicted molar refractivity (Wildman–Crippen MR) is 53.7 cm³/mol. The zero-order valence-electron chi connectivity index (χ0n) is 9.19. The van der Waals surface area contributed by atoms with Crippen molar-refractivity contribution in [2.75, 3.05) is 26.2 Å². The molecule has 0 aromatic carbocycles. The number of unbranched alkanes of at least 4 members (excludes halogenated alkanes) is 2. The van der Waals surface area contributed by atoms with Crippen molar-refractivity contribution in [1.29, 1.82) is 0 Å². The third-order valence-corrected chi connectivity index (χ3v) is 2.08. The van der Waals surface area contributed by atoms with Gasteiger partial charge in [0, 0.05) is 6.61 Å². The second-order valence-corrected chi connectivity index (χ2v) is 3.68. The SMILES string of the molecule is CCCN(CCCCCO)CC(F)(F)F. The molecule has 15 heavy (non-hydrogen) atoms. The van der Waals surface area contributed by atoms with E-state index in [-0.39, 0.29) is 6.61 Å². The molecule has 0 unspecified atom stereocenters. The van der Waals surface area contributed by atoms with Crippen molar-refractivity contribution in [3.05, 3.63) is 0 Å². The van der Waals surface area contributed by atoms with E-state index in [1.165, 1.54) is 4.90 Å². The van der Waals surface area contributed by atoms with Crippen molar-refractivity contribution in [2.24, 2.45) is 0 Å². The lowest BCUT2D eigenvalue weighted by Gasteiger charge is -2.22. The van der Waals surface area contributed by atoms with E-state index in [2.05, 4.69) is 0 Å². The summed E-state index contributed by atoms with van der Waals surface area (Å²) in [5.41, 5.74) is 0. The highest BCUT2D eigenvalue weighted by atomic mass is 19.4. The van der Waals surface area contributed by atoms with Gasteiger partial charge in [-0.2, -0.15) is 13.2 Å². The van der Waals surface area contributed by atoms with Gasteiger partial charge in [0.1, 0.15) is 0 Å². The first-order valence-electron chi connectivity index (χ1n) is 5.39. The molecule has 0 aliphatic heterocycles. The largest absolute Gasteiger partial charge is 0.401 e. The highest BCUT2D eigenvalue weighted by molar-refractivity contribution is 4.62. The Morgan fingerprint density at radius 3 is 2.20 bits per heavy atom. The zero-order chi connectivity index (χ0) is 11.7. The van der Waals surface area contributed by atoms with Gasteiger partial charge in [0.05, 0.1) is 6.54 Å². The highest BCUT2D eigenvalue weighted by Gasteiger charge is 2.29. The van der Waals surface area contributed by atoms with Crippen LogP contribution in [0, 0.1) is 0 Å². The van der Waals surface area contributed by atoms with Gasteiger partial charge in [-0.05, 0) is 38.8 Å². The molecule has 92 valence electrons. The molecule has 0 saturated carbocycles. The van der Waals surface area contributed by atoms with E-state index in [0.29, 0.717) is 19.5 Å². The van der Waals surface area contributed by atoms with Gasteiger partial charge in [-0.3, -0.25) is 4.90 Å². The van der Waals surface area contributed by atoms with Gasteiger partial charge in [-0.15, -0.1) is 0 Å². The Balaban J connectivity index is 3.73. The molecule has 0 bridgehead atoms. The summed E-state index contributed by atoms with van der Waals surface area (Å²) in [5, 5.41) is 8.53. The van der Waals surface area contributed by atoms with E-state index >= 15 is 0 Å². The molecule has 0 aromatic rings. The first-order chi connectivity index (χ1) is 6.99. The molecule has 0 fully saturated rings. The van der Waals surface area contributed by atoms with Gasteiger partial charge in [0.25, 0.3) is 0 Å². The number of aliphatic hydroxyl groups is 1. The first-order valence-corrected chi connectivity index (χ1v) is 5.39. The Kier molecular flexibility index (Phi) is 7.78. The Bertz CT molecular complexity index is 150. The Morgan fingerprint density at radius 2 is 1.73 bits per heavy atom. The summed E-state index contributed by atoms with van der Waals surface area (Å²) in [4.78, 5) is 1.43. The van der Waals surface area contributed by atoms with Crippen LogP contribution < -0.4 is 0 Å². The van der Waals surface area contributed by atoms with E-state index in [1.807, 2.05) is 6.92 Å². The van der Waals surface area contributed by atoms with Gasteiger partial charge >= 0.3 is 6.18 Å². The van der Waals surface area contributed by atoms with Crippen LogP contribution in [-0.4, -0.2) is 42.4 Å². The van der Waals surface area contributed by atoms with Crippen LogP contribution in [-0.2, 0) is 0 Å². The van der Waals surface area contributed by atoms with Gasteiger partial charge in [-0.25, -0.2) is 0 Å². The summed E-state index contributed by atoms with van der Waals surface area (Å²) in [7, 11) is 0. The van der Waals surface area contributed by atoms with Crippen molar-refractivity contribution in [1.82, 2.24) is 4.90 Å². The van der Waals surface area contributed by atoms with Crippen LogP contribution in [0.5, 0.6) is 0 Å². The maximum Gasteiger partial charge on any atom is 0.401 e. The van der Waals surface area contributed by atoms with E-state index in [0.717, 1.165) is 19.3 Å². The Hall–Kier alpha value is -0.290. The number of rotatable bonds is 8. The van der Waals surface area contributed by atoms with E-state index in [9.17, 15) is 13.2 Å². The molecule has 0 aliphatic carbocycles. The van der Waals surface area contributed by atoms with Crippen molar-refractivity contribution < 1.29 is 18.3 Å². The molecule has 0 aromatic heterocycles. The molecule has 0 rings (SSSR count). The first kappa shape index (κ1) is 14.7. The summed E-state index contributed by atoms with van der Waals surface area (Å²) in [5.74, 6) is 0. The molecular formula is C10H20F3NO. The topological polar surface area (TPSA) is 23.5 Å². The molecule has 0 atom stereocenters. The number of hydrogen-bond donors (Lipinski definition) is 1. The van der Waals surface area contributed by atoms with Crippen molar-refractivity contribution >= 4 is 0 Å². The highest BCUT2D eigenvalue weighted by Crippen LogP contribution is 2.17. The average molecular weight is 227 g/mol. The quantitative estimate of drug-likeness (QED) is 0.644. The van der Waals surface area contributed by atoms with E-state index in [4.69, 9.17) is 5.11 Å². The fourth-order valence-electron chi connectivity index (χ4n) is 1.46. The van der Waals surface area contributed by atoms with Crippen molar-refractivity contribution in [3.8, 4) is 0 Å². The van der Waals surface area contributed by atoms with Gasteiger partial charge in [0.15, 0.2) is 0 Å². The predicted octanol–water partition coefficient (Wildman–Crippen LogP) is 2.42. The molecule has 0 radical (unpaired) electrons. The Labute approximate surface area is 89.1 Å². The number of nitrogens with zero attached hydrogens (tertiary/aromatic N) is 1. The van der Waals surface area contributed by atoms with Crippen LogP contribution in [0.4, 0.5) is 13.2 Å².